The molecule has 1 N–H and O–H groups in total. The average molecular weight is 292 g/mol. The van der Waals surface area contributed by atoms with Crippen LogP contribution in [0.15, 0.2) is 34.9 Å². The molecule has 1 saturated heterocycles. The van der Waals surface area contributed by atoms with Crippen LogP contribution in [0.3, 0.4) is 0 Å². The zero-order valence-corrected chi connectivity index (χ0v) is 11.2. The van der Waals surface area contributed by atoms with E-state index in [9.17, 15) is 0 Å². The van der Waals surface area contributed by atoms with Crippen LogP contribution in [0.4, 0.5) is 5.82 Å². The lowest BCUT2D eigenvalue weighted by Crippen LogP contribution is -2.56. The number of rotatable bonds is 2. The third kappa shape index (κ3) is 1.81. The van der Waals surface area contributed by atoms with E-state index in [1.807, 2.05) is 6.20 Å². The van der Waals surface area contributed by atoms with Crippen LogP contribution in [-0.2, 0) is 0 Å². The summed E-state index contributed by atoms with van der Waals surface area (Å²) in [6, 6.07) is 8.87. The van der Waals surface area contributed by atoms with Crippen LogP contribution in [0.25, 0.3) is 10.8 Å². The molecule has 0 atom stereocenters. The lowest BCUT2D eigenvalue weighted by atomic mass is 10.1. The fraction of sp³-hybridized carbons (Fsp3) is 0.308. The lowest BCUT2D eigenvalue weighted by molar-refractivity contribution is 0.427. The number of fused-ring (bicyclic) bond motifs is 1. The average Bonchev–Trinajstić information content (AvgIpc) is 2.26. The minimum Gasteiger partial charge on any atom is -0.354 e. The summed E-state index contributed by atoms with van der Waals surface area (Å²) in [5.41, 5.74) is 0. The van der Waals surface area contributed by atoms with E-state index in [0.717, 1.165) is 23.4 Å². The molecule has 0 spiro atoms. The number of halogens is 1. The number of hydrogen-bond donors (Lipinski definition) is 1. The molecule has 1 aromatic heterocycles. The first kappa shape index (κ1) is 11.0. The van der Waals surface area contributed by atoms with Crippen LogP contribution >= 0.6 is 15.9 Å². The van der Waals surface area contributed by atoms with Gasteiger partial charge in [-0.3, -0.25) is 0 Å². The van der Waals surface area contributed by atoms with E-state index in [4.69, 9.17) is 0 Å². The van der Waals surface area contributed by atoms with Crippen LogP contribution in [0, 0.1) is 0 Å². The molecule has 1 aliphatic heterocycles. The van der Waals surface area contributed by atoms with Gasteiger partial charge in [0.2, 0.25) is 0 Å². The molecule has 88 valence electrons. The molecular formula is C13H14BrN3. The molecule has 0 unspecified atom stereocenters. The predicted octanol–water partition coefficient (Wildman–Crippen LogP) is 2.41. The van der Waals surface area contributed by atoms with E-state index in [0.29, 0.717) is 6.04 Å². The van der Waals surface area contributed by atoms with Crippen molar-refractivity contribution < 1.29 is 0 Å². The van der Waals surface area contributed by atoms with E-state index < -0.39 is 0 Å². The molecule has 3 nitrogen and oxygen atoms in total. The van der Waals surface area contributed by atoms with Gasteiger partial charge in [0, 0.05) is 41.6 Å². The van der Waals surface area contributed by atoms with Crippen LogP contribution in [0.2, 0.25) is 0 Å². The van der Waals surface area contributed by atoms with Crippen LogP contribution in [0.5, 0.6) is 0 Å². The molecule has 3 rings (SSSR count). The molecule has 1 fully saturated rings. The third-order valence-corrected chi connectivity index (χ3v) is 4.07. The van der Waals surface area contributed by atoms with Crippen molar-refractivity contribution in [1.29, 1.82) is 0 Å². The summed E-state index contributed by atoms with van der Waals surface area (Å²) in [4.78, 5) is 6.80. The highest BCUT2D eigenvalue weighted by Gasteiger charge is 2.23. The van der Waals surface area contributed by atoms with Crippen molar-refractivity contribution in [3.05, 3.63) is 34.9 Å². The molecule has 1 aliphatic rings. The van der Waals surface area contributed by atoms with Gasteiger partial charge in [0.15, 0.2) is 0 Å². The first-order valence-electron chi connectivity index (χ1n) is 5.74. The van der Waals surface area contributed by atoms with Crippen LogP contribution < -0.4 is 10.2 Å². The van der Waals surface area contributed by atoms with E-state index in [-0.39, 0.29) is 0 Å². The van der Waals surface area contributed by atoms with Gasteiger partial charge in [-0.25, -0.2) is 4.98 Å². The SMILES string of the molecule is CN(c1nccc2c(Br)cccc12)C1CNC1. The van der Waals surface area contributed by atoms with Gasteiger partial charge < -0.3 is 10.2 Å². The summed E-state index contributed by atoms with van der Waals surface area (Å²) in [7, 11) is 2.12. The molecule has 0 bridgehead atoms. The lowest BCUT2D eigenvalue weighted by Gasteiger charge is -2.36. The second-order valence-corrected chi connectivity index (χ2v) is 5.25. The summed E-state index contributed by atoms with van der Waals surface area (Å²) in [5, 5.41) is 5.72. The fourth-order valence-corrected chi connectivity index (χ4v) is 2.65. The number of likely N-dealkylation sites (N-methyl/N-ethyl adjacent to an activating group) is 1. The molecule has 0 amide bonds. The summed E-state index contributed by atoms with van der Waals surface area (Å²) in [5.74, 6) is 1.07. The smallest absolute Gasteiger partial charge is 0.136 e. The van der Waals surface area contributed by atoms with E-state index >= 15 is 0 Å². The first-order chi connectivity index (χ1) is 8.27. The molecule has 1 aromatic carbocycles. The maximum atomic E-state index is 4.53. The molecular weight excluding hydrogens is 278 g/mol. The van der Waals surface area contributed by atoms with Gasteiger partial charge in [-0.15, -0.1) is 0 Å². The van der Waals surface area contributed by atoms with Crippen LogP contribution in [0.1, 0.15) is 0 Å². The minimum absolute atomic E-state index is 0.562. The van der Waals surface area contributed by atoms with Gasteiger partial charge in [-0.05, 0) is 12.1 Å². The van der Waals surface area contributed by atoms with Gasteiger partial charge >= 0.3 is 0 Å². The van der Waals surface area contributed by atoms with E-state index in [2.05, 4.69) is 62.4 Å². The zero-order valence-electron chi connectivity index (χ0n) is 9.65. The number of nitrogens with one attached hydrogen (secondary N) is 1. The first-order valence-corrected chi connectivity index (χ1v) is 6.53. The Morgan fingerprint density at radius 3 is 2.82 bits per heavy atom. The minimum atomic E-state index is 0.562. The van der Waals surface area contributed by atoms with Crippen molar-refractivity contribution in [2.45, 2.75) is 6.04 Å². The predicted molar refractivity (Wildman–Crippen MR) is 74.5 cm³/mol. The third-order valence-electron chi connectivity index (χ3n) is 3.37. The highest BCUT2D eigenvalue weighted by Crippen LogP contribution is 2.30. The quantitative estimate of drug-likeness (QED) is 0.921. The Balaban J connectivity index is 2.12. The number of benzene rings is 1. The van der Waals surface area contributed by atoms with Crippen LogP contribution in [-0.4, -0.2) is 31.2 Å². The Labute approximate surface area is 109 Å². The Hall–Kier alpha value is -1.13. The summed E-state index contributed by atoms with van der Waals surface area (Å²) in [6.07, 6.45) is 1.88. The van der Waals surface area contributed by atoms with Gasteiger partial charge in [-0.1, -0.05) is 28.1 Å². The summed E-state index contributed by atoms with van der Waals surface area (Å²) < 4.78 is 1.12. The van der Waals surface area contributed by atoms with Gasteiger partial charge in [-0.2, -0.15) is 0 Å². The van der Waals surface area contributed by atoms with Crippen molar-refractivity contribution in [3.63, 3.8) is 0 Å². The number of aromatic nitrogens is 1. The Morgan fingerprint density at radius 2 is 2.12 bits per heavy atom. The Morgan fingerprint density at radius 1 is 1.29 bits per heavy atom. The monoisotopic (exact) mass is 291 g/mol. The zero-order chi connectivity index (χ0) is 11.8. The highest BCUT2D eigenvalue weighted by molar-refractivity contribution is 9.10. The maximum absolute atomic E-state index is 4.53. The topological polar surface area (TPSA) is 28.2 Å². The Kier molecular flexibility index (Phi) is 2.76. The van der Waals surface area contributed by atoms with Crippen molar-refractivity contribution in [1.82, 2.24) is 10.3 Å². The maximum Gasteiger partial charge on any atom is 0.136 e. The normalized spacial score (nSPS) is 15.9. The Bertz CT molecular complexity index is 551. The van der Waals surface area contributed by atoms with Gasteiger partial charge in [0.05, 0.1) is 6.04 Å². The number of pyridine rings is 1. The summed E-state index contributed by atoms with van der Waals surface area (Å²) >= 11 is 3.59. The largest absolute Gasteiger partial charge is 0.354 e. The second kappa shape index (κ2) is 4.27. The van der Waals surface area contributed by atoms with Gasteiger partial charge in [0.25, 0.3) is 0 Å². The molecule has 0 radical (unpaired) electrons. The van der Waals surface area contributed by atoms with E-state index in [1.165, 1.54) is 10.8 Å². The fourth-order valence-electron chi connectivity index (χ4n) is 2.15. The standard InChI is InChI=1S/C13H14BrN3/c1-17(9-7-15-8-9)13-11-3-2-4-12(14)10(11)5-6-16-13/h2-6,9,15H,7-8H2,1H3. The molecule has 4 heteroatoms. The second-order valence-electron chi connectivity index (χ2n) is 4.39. The molecule has 2 heterocycles. The van der Waals surface area contributed by atoms with Crippen molar-refractivity contribution in [2.24, 2.45) is 0 Å². The molecule has 0 saturated carbocycles. The van der Waals surface area contributed by atoms with E-state index in [1.54, 1.807) is 0 Å². The number of nitrogens with zero attached hydrogens (tertiary/aromatic N) is 2. The molecule has 2 aromatic rings. The molecule has 17 heavy (non-hydrogen) atoms. The van der Waals surface area contributed by atoms with Crippen molar-refractivity contribution in [2.75, 3.05) is 25.0 Å². The van der Waals surface area contributed by atoms with Crippen molar-refractivity contribution >= 4 is 32.5 Å². The highest BCUT2D eigenvalue weighted by atomic mass is 79.9. The van der Waals surface area contributed by atoms with Gasteiger partial charge in [0.1, 0.15) is 5.82 Å². The van der Waals surface area contributed by atoms with Crippen molar-refractivity contribution in [3.8, 4) is 0 Å². The summed E-state index contributed by atoms with van der Waals surface area (Å²) in [6.45, 7) is 2.09. The number of anilines is 1. The number of hydrogen-bond acceptors (Lipinski definition) is 3. The molecule has 0 aliphatic carbocycles.